The number of aromatic nitrogens is 5. The maximum Gasteiger partial charge on any atom is 0.152 e. The molecule has 0 aliphatic heterocycles. The van der Waals surface area contributed by atoms with Crippen LogP contribution in [-0.2, 0) is 19.5 Å². The summed E-state index contributed by atoms with van der Waals surface area (Å²) in [6.07, 6.45) is 2.31. The van der Waals surface area contributed by atoms with Crippen molar-refractivity contribution in [3.05, 3.63) is 42.0 Å². The van der Waals surface area contributed by atoms with E-state index in [4.69, 9.17) is 11.6 Å². The molecule has 0 radical (unpaired) electrons. The highest BCUT2D eigenvalue weighted by Gasteiger charge is 2.14. The number of hydrogen-bond acceptors (Lipinski definition) is 3. The van der Waals surface area contributed by atoms with Crippen LogP contribution in [0.5, 0.6) is 0 Å². The molecule has 1 aromatic carbocycles. The maximum atomic E-state index is 13.5. The fraction of sp³-hybridized carbons (Fsp3) is 0.357. The standard InChI is InChI=1S/C14H15ClFN5/c1-2-20-9-17-19-14(20)8-21-12-7-10(16)3-4-11(12)18-13(21)5-6-15/h3-4,7,9H,2,5-6,8H2,1H3. The molecule has 0 atom stereocenters. The molecule has 0 N–H and O–H groups in total. The third kappa shape index (κ3) is 2.63. The third-order valence-corrected chi connectivity index (χ3v) is 3.63. The number of aryl methyl sites for hydroxylation is 2. The molecule has 2 heterocycles. The second kappa shape index (κ2) is 5.81. The van der Waals surface area contributed by atoms with Gasteiger partial charge in [-0.25, -0.2) is 9.37 Å². The van der Waals surface area contributed by atoms with Gasteiger partial charge >= 0.3 is 0 Å². The van der Waals surface area contributed by atoms with E-state index < -0.39 is 0 Å². The van der Waals surface area contributed by atoms with Gasteiger partial charge in [0.25, 0.3) is 0 Å². The first-order valence-corrected chi connectivity index (χ1v) is 7.33. The Morgan fingerprint density at radius 1 is 1.29 bits per heavy atom. The number of imidazole rings is 1. The lowest BCUT2D eigenvalue weighted by Gasteiger charge is -2.09. The van der Waals surface area contributed by atoms with Gasteiger partial charge in [-0.15, -0.1) is 21.8 Å². The molecule has 7 heteroatoms. The van der Waals surface area contributed by atoms with Gasteiger partial charge in [-0.3, -0.25) is 0 Å². The lowest BCUT2D eigenvalue weighted by Crippen LogP contribution is -2.11. The van der Waals surface area contributed by atoms with Gasteiger partial charge in [0.1, 0.15) is 18.0 Å². The first-order valence-electron chi connectivity index (χ1n) is 6.80. The largest absolute Gasteiger partial charge is 0.320 e. The molecule has 5 nitrogen and oxygen atoms in total. The molecule has 0 spiro atoms. The summed E-state index contributed by atoms with van der Waals surface area (Å²) in [5.41, 5.74) is 1.51. The molecule has 21 heavy (non-hydrogen) atoms. The van der Waals surface area contributed by atoms with E-state index in [0.717, 1.165) is 29.2 Å². The van der Waals surface area contributed by atoms with Crippen molar-refractivity contribution >= 4 is 22.6 Å². The lowest BCUT2D eigenvalue weighted by molar-refractivity contribution is 0.624. The number of nitrogens with zero attached hydrogens (tertiary/aromatic N) is 5. The molecule has 0 fully saturated rings. The van der Waals surface area contributed by atoms with Crippen molar-refractivity contribution in [2.45, 2.75) is 26.4 Å². The van der Waals surface area contributed by atoms with Crippen LogP contribution in [0, 0.1) is 5.82 Å². The van der Waals surface area contributed by atoms with Crippen LogP contribution in [0.15, 0.2) is 24.5 Å². The molecule has 0 bridgehead atoms. The van der Waals surface area contributed by atoms with Crippen LogP contribution in [-0.4, -0.2) is 30.2 Å². The van der Waals surface area contributed by atoms with Gasteiger partial charge in [0, 0.05) is 18.8 Å². The summed E-state index contributed by atoms with van der Waals surface area (Å²) in [7, 11) is 0. The quantitative estimate of drug-likeness (QED) is 0.681. The fourth-order valence-electron chi connectivity index (χ4n) is 2.40. The minimum absolute atomic E-state index is 0.280. The molecule has 0 aliphatic carbocycles. The highest BCUT2D eigenvalue weighted by molar-refractivity contribution is 6.17. The zero-order chi connectivity index (χ0) is 14.8. The van der Waals surface area contributed by atoms with Gasteiger partial charge in [0.05, 0.1) is 17.6 Å². The Morgan fingerprint density at radius 3 is 2.90 bits per heavy atom. The zero-order valence-electron chi connectivity index (χ0n) is 11.6. The Labute approximate surface area is 126 Å². The third-order valence-electron chi connectivity index (χ3n) is 3.44. The lowest BCUT2D eigenvalue weighted by atomic mass is 10.3. The summed E-state index contributed by atoms with van der Waals surface area (Å²) in [6, 6.07) is 4.59. The molecule has 0 saturated heterocycles. The fourth-order valence-corrected chi connectivity index (χ4v) is 2.57. The molecule has 2 aromatic heterocycles. The van der Waals surface area contributed by atoms with Crippen LogP contribution in [0.25, 0.3) is 11.0 Å². The van der Waals surface area contributed by atoms with E-state index in [2.05, 4.69) is 15.2 Å². The molecular formula is C14H15ClFN5. The second-order valence-electron chi connectivity index (χ2n) is 4.72. The number of halogens is 2. The number of benzene rings is 1. The van der Waals surface area contributed by atoms with Crippen molar-refractivity contribution in [1.29, 1.82) is 0 Å². The average Bonchev–Trinajstić information content (AvgIpc) is 3.05. The normalized spacial score (nSPS) is 11.4. The van der Waals surface area contributed by atoms with Gasteiger partial charge in [-0.05, 0) is 25.1 Å². The highest BCUT2D eigenvalue weighted by Crippen LogP contribution is 2.19. The maximum absolute atomic E-state index is 13.5. The van der Waals surface area contributed by atoms with Gasteiger partial charge in [0.2, 0.25) is 0 Å². The summed E-state index contributed by atoms with van der Waals surface area (Å²) in [6.45, 7) is 3.31. The second-order valence-corrected chi connectivity index (χ2v) is 5.10. The first kappa shape index (κ1) is 14.0. The Bertz CT molecular complexity index is 764. The summed E-state index contributed by atoms with van der Waals surface area (Å²) >= 11 is 5.85. The highest BCUT2D eigenvalue weighted by atomic mass is 35.5. The number of fused-ring (bicyclic) bond motifs is 1. The minimum Gasteiger partial charge on any atom is -0.320 e. The summed E-state index contributed by atoms with van der Waals surface area (Å²) in [5, 5.41) is 8.06. The zero-order valence-corrected chi connectivity index (χ0v) is 12.4. The number of rotatable bonds is 5. The van der Waals surface area contributed by atoms with E-state index in [9.17, 15) is 4.39 Å². The summed E-state index contributed by atoms with van der Waals surface area (Å²) < 4.78 is 17.4. The van der Waals surface area contributed by atoms with E-state index in [0.29, 0.717) is 18.8 Å². The smallest absolute Gasteiger partial charge is 0.152 e. The van der Waals surface area contributed by atoms with Crippen LogP contribution in [0.4, 0.5) is 4.39 Å². The summed E-state index contributed by atoms with van der Waals surface area (Å²) in [5.74, 6) is 1.83. The van der Waals surface area contributed by atoms with Crippen molar-refractivity contribution in [2.24, 2.45) is 0 Å². The molecule has 3 aromatic rings. The number of hydrogen-bond donors (Lipinski definition) is 0. The van der Waals surface area contributed by atoms with E-state index in [1.54, 1.807) is 12.4 Å². The summed E-state index contributed by atoms with van der Waals surface area (Å²) in [4.78, 5) is 4.53. The van der Waals surface area contributed by atoms with Crippen LogP contribution < -0.4 is 0 Å². The molecule has 0 unspecified atom stereocenters. The van der Waals surface area contributed by atoms with Gasteiger partial charge in [-0.1, -0.05) is 0 Å². The predicted octanol–water partition coefficient (Wildman–Crippen LogP) is 2.62. The Hall–Kier alpha value is -1.95. The van der Waals surface area contributed by atoms with Crippen molar-refractivity contribution in [3.63, 3.8) is 0 Å². The van der Waals surface area contributed by atoms with Crippen LogP contribution >= 0.6 is 11.6 Å². The van der Waals surface area contributed by atoms with E-state index in [1.165, 1.54) is 12.1 Å². The van der Waals surface area contributed by atoms with Crippen molar-refractivity contribution in [2.75, 3.05) is 5.88 Å². The predicted molar refractivity (Wildman–Crippen MR) is 78.9 cm³/mol. The van der Waals surface area contributed by atoms with Crippen molar-refractivity contribution in [3.8, 4) is 0 Å². The van der Waals surface area contributed by atoms with E-state index in [1.807, 2.05) is 16.1 Å². The topological polar surface area (TPSA) is 48.5 Å². The molecule has 0 amide bonds. The molecule has 110 valence electrons. The number of alkyl halides is 1. The Balaban J connectivity index is 2.10. The van der Waals surface area contributed by atoms with Crippen LogP contribution in [0.1, 0.15) is 18.6 Å². The van der Waals surface area contributed by atoms with E-state index >= 15 is 0 Å². The van der Waals surface area contributed by atoms with Crippen molar-refractivity contribution < 1.29 is 4.39 Å². The monoisotopic (exact) mass is 307 g/mol. The SMILES string of the molecule is CCn1cnnc1Cn1c(CCCl)nc2ccc(F)cc21. The Kier molecular flexibility index (Phi) is 3.88. The van der Waals surface area contributed by atoms with Crippen LogP contribution in [0.3, 0.4) is 0 Å². The average molecular weight is 308 g/mol. The van der Waals surface area contributed by atoms with Gasteiger partial charge in [-0.2, -0.15) is 0 Å². The molecule has 0 aliphatic rings. The van der Waals surface area contributed by atoms with Gasteiger partial charge < -0.3 is 9.13 Å². The Morgan fingerprint density at radius 2 is 2.14 bits per heavy atom. The molecule has 0 saturated carbocycles. The van der Waals surface area contributed by atoms with E-state index in [-0.39, 0.29) is 5.82 Å². The van der Waals surface area contributed by atoms with Crippen LogP contribution in [0.2, 0.25) is 0 Å². The van der Waals surface area contributed by atoms with Crippen molar-refractivity contribution in [1.82, 2.24) is 24.3 Å². The molecule has 3 rings (SSSR count). The minimum atomic E-state index is -0.280. The first-order chi connectivity index (χ1) is 10.2. The van der Waals surface area contributed by atoms with Gasteiger partial charge in [0.15, 0.2) is 5.82 Å². The molecular weight excluding hydrogens is 293 g/mol.